The van der Waals surface area contributed by atoms with Crippen LogP contribution in [0.3, 0.4) is 0 Å². The van der Waals surface area contributed by atoms with Gasteiger partial charge in [0.05, 0.1) is 16.9 Å². The minimum atomic E-state index is 0.207. The summed E-state index contributed by atoms with van der Waals surface area (Å²) in [7, 11) is 0. The molecule has 0 aliphatic carbocycles. The van der Waals surface area contributed by atoms with Gasteiger partial charge in [-0.15, -0.1) is 0 Å². The van der Waals surface area contributed by atoms with Gasteiger partial charge in [-0.2, -0.15) is 0 Å². The van der Waals surface area contributed by atoms with E-state index < -0.39 is 0 Å². The van der Waals surface area contributed by atoms with Gasteiger partial charge in [-0.1, -0.05) is 27.5 Å². The summed E-state index contributed by atoms with van der Waals surface area (Å²) in [6, 6.07) is 5.97. The van der Waals surface area contributed by atoms with Gasteiger partial charge in [0.15, 0.2) is 0 Å². The molecule has 0 spiro atoms. The van der Waals surface area contributed by atoms with E-state index in [4.69, 9.17) is 17.3 Å². The van der Waals surface area contributed by atoms with Crippen molar-refractivity contribution < 1.29 is 0 Å². The van der Waals surface area contributed by atoms with E-state index in [9.17, 15) is 0 Å². The number of aromatic amines is 1. The Balaban J connectivity index is 2.31. The standard InChI is InChI=1S/C12H8BrClN4/c13-6-1-2-10-7(3-6)8(4-16-10)11-9(14)5-17-12(15)18-11/h1-5,16H,(H2,15,17,18). The van der Waals surface area contributed by atoms with Gasteiger partial charge in [0.1, 0.15) is 0 Å². The smallest absolute Gasteiger partial charge is 0.220 e. The van der Waals surface area contributed by atoms with Gasteiger partial charge in [0, 0.05) is 27.1 Å². The number of hydrogen-bond donors (Lipinski definition) is 2. The summed E-state index contributed by atoms with van der Waals surface area (Å²) in [5.74, 6) is 0.207. The van der Waals surface area contributed by atoms with E-state index in [1.165, 1.54) is 6.20 Å². The van der Waals surface area contributed by atoms with Crippen LogP contribution in [0.2, 0.25) is 5.02 Å². The minimum absolute atomic E-state index is 0.207. The Kier molecular flexibility index (Phi) is 2.72. The maximum atomic E-state index is 6.12. The van der Waals surface area contributed by atoms with Crippen LogP contribution in [-0.2, 0) is 0 Å². The molecule has 0 unspecified atom stereocenters. The second-order valence-electron chi connectivity index (χ2n) is 3.82. The van der Waals surface area contributed by atoms with Gasteiger partial charge in [-0.05, 0) is 18.2 Å². The van der Waals surface area contributed by atoms with Crippen LogP contribution < -0.4 is 5.73 Å². The highest BCUT2D eigenvalue weighted by Crippen LogP contribution is 2.33. The molecule has 3 aromatic rings. The number of H-pyrrole nitrogens is 1. The summed E-state index contributed by atoms with van der Waals surface area (Å²) >= 11 is 9.57. The molecule has 90 valence electrons. The molecule has 0 fully saturated rings. The van der Waals surface area contributed by atoms with Crippen molar-refractivity contribution in [2.24, 2.45) is 0 Å². The van der Waals surface area contributed by atoms with Gasteiger partial charge in [-0.3, -0.25) is 0 Å². The van der Waals surface area contributed by atoms with Crippen LogP contribution in [0, 0.1) is 0 Å². The zero-order valence-corrected chi connectivity index (χ0v) is 11.5. The monoisotopic (exact) mass is 322 g/mol. The Morgan fingerprint density at radius 3 is 3.00 bits per heavy atom. The number of anilines is 1. The molecular weight excluding hydrogens is 316 g/mol. The molecule has 0 amide bonds. The first-order chi connectivity index (χ1) is 8.65. The predicted octanol–water partition coefficient (Wildman–Crippen LogP) is 3.62. The third kappa shape index (κ3) is 1.85. The molecule has 1 aromatic carbocycles. The van der Waals surface area contributed by atoms with Crippen LogP contribution in [0.4, 0.5) is 5.95 Å². The van der Waals surface area contributed by atoms with Gasteiger partial charge in [-0.25, -0.2) is 9.97 Å². The molecule has 3 rings (SSSR count). The van der Waals surface area contributed by atoms with E-state index in [1.54, 1.807) is 0 Å². The molecule has 18 heavy (non-hydrogen) atoms. The number of halogens is 2. The molecule has 2 aromatic heterocycles. The number of hydrogen-bond acceptors (Lipinski definition) is 3. The normalized spacial score (nSPS) is 11.0. The number of rotatable bonds is 1. The van der Waals surface area contributed by atoms with E-state index in [0.29, 0.717) is 10.7 Å². The lowest BCUT2D eigenvalue weighted by molar-refractivity contribution is 1.19. The Hall–Kier alpha value is -1.59. The average molecular weight is 324 g/mol. The third-order valence-corrected chi connectivity index (χ3v) is 3.43. The van der Waals surface area contributed by atoms with E-state index in [1.807, 2.05) is 24.4 Å². The summed E-state index contributed by atoms with van der Waals surface area (Å²) in [6.07, 6.45) is 3.38. The molecule has 0 bridgehead atoms. The van der Waals surface area contributed by atoms with Crippen molar-refractivity contribution in [3.63, 3.8) is 0 Å². The van der Waals surface area contributed by atoms with E-state index in [0.717, 1.165) is 20.9 Å². The number of nitrogens with zero attached hydrogens (tertiary/aromatic N) is 2. The van der Waals surface area contributed by atoms with Crippen molar-refractivity contribution in [2.75, 3.05) is 5.73 Å². The maximum Gasteiger partial charge on any atom is 0.220 e. The summed E-state index contributed by atoms with van der Waals surface area (Å²) in [6.45, 7) is 0. The first kappa shape index (κ1) is 11.5. The SMILES string of the molecule is Nc1ncc(Cl)c(-c2c[nH]c3ccc(Br)cc23)n1. The Morgan fingerprint density at radius 1 is 1.33 bits per heavy atom. The number of fused-ring (bicyclic) bond motifs is 1. The third-order valence-electron chi connectivity index (χ3n) is 2.66. The average Bonchev–Trinajstić information content (AvgIpc) is 2.75. The molecule has 0 aliphatic heterocycles. The molecule has 2 heterocycles. The number of nitrogens with one attached hydrogen (secondary N) is 1. The molecule has 0 saturated heterocycles. The van der Waals surface area contributed by atoms with Gasteiger partial charge < -0.3 is 10.7 Å². The quantitative estimate of drug-likeness (QED) is 0.718. The largest absolute Gasteiger partial charge is 0.368 e. The summed E-state index contributed by atoms with van der Waals surface area (Å²) in [5, 5.41) is 1.51. The predicted molar refractivity (Wildman–Crippen MR) is 76.4 cm³/mol. The summed E-state index contributed by atoms with van der Waals surface area (Å²) in [4.78, 5) is 11.2. The van der Waals surface area contributed by atoms with Crippen molar-refractivity contribution in [1.29, 1.82) is 0 Å². The zero-order chi connectivity index (χ0) is 12.7. The van der Waals surface area contributed by atoms with Gasteiger partial charge in [0.2, 0.25) is 5.95 Å². The summed E-state index contributed by atoms with van der Waals surface area (Å²) < 4.78 is 0.994. The highest BCUT2D eigenvalue weighted by Gasteiger charge is 2.12. The van der Waals surface area contributed by atoms with E-state index >= 15 is 0 Å². The molecule has 0 atom stereocenters. The topological polar surface area (TPSA) is 67.6 Å². The van der Waals surface area contributed by atoms with Crippen molar-refractivity contribution in [3.8, 4) is 11.3 Å². The van der Waals surface area contributed by atoms with Crippen LogP contribution in [-0.4, -0.2) is 15.0 Å². The highest BCUT2D eigenvalue weighted by molar-refractivity contribution is 9.10. The molecule has 6 heteroatoms. The fraction of sp³-hybridized carbons (Fsp3) is 0. The molecule has 0 radical (unpaired) electrons. The van der Waals surface area contributed by atoms with Crippen LogP contribution in [0.25, 0.3) is 22.2 Å². The summed E-state index contributed by atoms with van der Waals surface area (Å²) in [5.41, 5.74) is 8.16. The Bertz CT molecular complexity index is 738. The lowest BCUT2D eigenvalue weighted by atomic mass is 10.1. The van der Waals surface area contributed by atoms with Crippen molar-refractivity contribution in [3.05, 3.63) is 40.1 Å². The number of nitrogen functional groups attached to an aromatic ring is 1. The second-order valence-corrected chi connectivity index (χ2v) is 5.14. The van der Waals surface area contributed by atoms with E-state index in [-0.39, 0.29) is 5.95 Å². The van der Waals surface area contributed by atoms with Gasteiger partial charge in [0.25, 0.3) is 0 Å². The molecule has 0 aliphatic rings. The number of nitrogens with two attached hydrogens (primary N) is 1. The first-order valence-corrected chi connectivity index (χ1v) is 6.37. The molecule has 3 N–H and O–H groups in total. The van der Waals surface area contributed by atoms with Crippen LogP contribution in [0.5, 0.6) is 0 Å². The number of aromatic nitrogens is 3. The maximum absolute atomic E-state index is 6.12. The number of benzene rings is 1. The zero-order valence-electron chi connectivity index (χ0n) is 9.11. The highest BCUT2D eigenvalue weighted by atomic mass is 79.9. The van der Waals surface area contributed by atoms with Crippen molar-refractivity contribution in [2.45, 2.75) is 0 Å². The molecule has 0 saturated carbocycles. The Morgan fingerprint density at radius 2 is 2.17 bits per heavy atom. The Labute approximate surface area is 116 Å². The fourth-order valence-electron chi connectivity index (χ4n) is 1.86. The lowest BCUT2D eigenvalue weighted by Gasteiger charge is -2.02. The van der Waals surface area contributed by atoms with Crippen LogP contribution >= 0.6 is 27.5 Å². The molecule has 4 nitrogen and oxygen atoms in total. The molecular formula is C12H8BrClN4. The first-order valence-electron chi connectivity index (χ1n) is 5.20. The van der Waals surface area contributed by atoms with Gasteiger partial charge >= 0.3 is 0 Å². The lowest BCUT2D eigenvalue weighted by Crippen LogP contribution is -1.96. The van der Waals surface area contributed by atoms with Crippen molar-refractivity contribution >= 4 is 44.4 Å². The van der Waals surface area contributed by atoms with Crippen LogP contribution in [0.1, 0.15) is 0 Å². The van der Waals surface area contributed by atoms with E-state index in [2.05, 4.69) is 30.9 Å². The van der Waals surface area contributed by atoms with Crippen LogP contribution in [0.15, 0.2) is 35.1 Å². The van der Waals surface area contributed by atoms with Crippen molar-refractivity contribution in [1.82, 2.24) is 15.0 Å². The minimum Gasteiger partial charge on any atom is -0.368 e. The second kappa shape index (κ2) is 4.26. The fourth-order valence-corrected chi connectivity index (χ4v) is 2.41.